The van der Waals surface area contributed by atoms with E-state index in [9.17, 15) is 30.7 Å². The lowest BCUT2D eigenvalue weighted by Gasteiger charge is -2.27. The lowest BCUT2D eigenvalue weighted by Crippen LogP contribution is -2.31. The molecule has 2 atom stereocenters. The minimum Gasteiger partial charge on any atom is -0.345 e. The van der Waals surface area contributed by atoms with E-state index < -0.39 is 31.1 Å². The molecule has 242 valence electrons. The molecule has 3 N–H and O–H groups in total. The number of carbonyl (C=O) groups is 1. The van der Waals surface area contributed by atoms with Gasteiger partial charge in [0.15, 0.2) is 11.8 Å². The molecule has 1 aromatic carbocycles. The van der Waals surface area contributed by atoms with Crippen LogP contribution < -0.4 is 10.2 Å². The second-order valence-electron chi connectivity index (χ2n) is 12.8. The highest BCUT2D eigenvalue weighted by Crippen LogP contribution is 2.49. The Hall–Kier alpha value is -3.50. The van der Waals surface area contributed by atoms with Gasteiger partial charge >= 0.3 is 0 Å². The van der Waals surface area contributed by atoms with Crippen molar-refractivity contribution in [3.8, 4) is 12.3 Å². The van der Waals surface area contributed by atoms with Crippen molar-refractivity contribution in [2.45, 2.75) is 69.7 Å². The topological polar surface area (TPSA) is 144 Å². The summed E-state index contributed by atoms with van der Waals surface area (Å²) >= 11 is 0. The zero-order valence-corrected chi connectivity index (χ0v) is 28.0. The van der Waals surface area contributed by atoms with Gasteiger partial charge in [0.1, 0.15) is 7.05 Å². The molecule has 3 aliphatic rings. The van der Waals surface area contributed by atoms with E-state index >= 15 is 0 Å². The van der Waals surface area contributed by atoms with Crippen LogP contribution in [0.1, 0.15) is 58.9 Å². The van der Waals surface area contributed by atoms with Crippen molar-refractivity contribution >= 4 is 37.5 Å². The molecule has 10 nitrogen and oxygen atoms in total. The van der Waals surface area contributed by atoms with Crippen LogP contribution in [0.4, 0.5) is 5.69 Å². The van der Waals surface area contributed by atoms with Crippen molar-refractivity contribution in [1.29, 1.82) is 0 Å². The summed E-state index contributed by atoms with van der Waals surface area (Å²) in [5, 5.41) is 2.67. The molecule has 0 saturated carbocycles. The molecule has 0 aromatic heterocycles. The standard InChI is InChI=1S/C33H41N3O7S2/c1-7-19-34-31(37)14-9-8-10-20-36-28-18-16-24(45(41,42)43)22-26(28)33(4,5)30(36)13-11-12-29-32(2,3)25-21-23(44(38,39)40)15-17-27(25)35(29)6/h1,11-13,15-18,21-22,25,27H,8-10,14,19-20H2,2-6H3,(H2-,34,37,38,39,40,41,42,43)/p+1. The number of terminal acetylenes is 1. The van der Waals surface area contributed by atoms with Gasteiger partial charge in [0, 0.05) is 35.8 Å². The van der Waals surface area contributed by atoms with E-state index in [2.05, 4.69) is 20.7 Å². The second kappa shape index (κ2) is 12.7. The summed E-state index contributed by atoms with van der Waals surface area (Å²) in [6.45, 7) is 8.95. The van der Waals surface area contributed by atoms with Gasteiger partial charge in [0.25, 0.3) is 20.2 Å². The number of carbonyl (C=O) groups excluding carboxylic acids is 1. The zero-order chi connectivity index (χ0) is 33.4. The van der Waals surface area contributed by atoms with E-state index in [0.717, 1.165) is 35.5 Å². The van der Waals surface area contributed by atoms with E-state index in [4.69, 9.17) is 6.42 Å². The van der Waals surface area contributed by atoms with Crippen LogP contribution in [0.25, 0.3) is 0 Å². The number of allylic oxidation sites excluding steroid dienone is 5. The first-order valence-electron chi connectivity index (χ1n) is 14.9. The van der Waals surface area contributed by atoms with Crippen molar-refractivity contribution in [1.82, 2.24) is 5.32 Å². The van der Waals surface area contributed by atoms with Gasteiger partial charge in [-0.05, 0) is 68.7 Å². The fraction of sp³-hybridized carbons (Fsp3) is 0.455. The van der Waals surface area contributed by atoms with Crippen molar-refractivity contribution in [2.24, 2.45) is 11.3 Å². The van der Waals surface area contributed by atoms with Crippen molar-refractivity contribution in [3.63, 3.8) is 0 Å². The Labute approximate surface area is 266 Å². The fourth-order valence-corrected chi connectivity index (χ4v) is 7.77. The van der Waals surface area contributed by atoms with Gasteiger partial charge in [-0.2, -0.15) is 16.8 Å². The van der Waals surface area contributed by atoms with Crippen molar-refractivity contribution in [2.75, 3.05) is 25.0 Å². The molecule has 0 bridgehead atoms. The predicted molar refractivity (Wildman–Crippen MR) is 175 cm³/mol. The summed E-state index contributed by atoms with van der Waals surface area (Å²) < 4.78 is 69.1. The third-order valence-corrected chi connectivity index (χ3v) is 10.8. The molecule has 0 fully saturated rings. The molecule has 4 rings (SSSR count). The van der Waals surface area contributed by atoms with Crippen molar-refractivity contribution in [3.05, 3.63) is 70.8 Å². The molecule has 0 saturated heterocycles. The molecule has 0 radical (unpaired) electrons. The Kier molecular flexibility index (Phi) is 9.71. The number of hydrogen-bond donors (Lipinski definition) is 3. The number of anilines is 1. The number of hydrogen-bond acceptors (Lipinski definition) is 6. The summed E-state index contributed by atoms with van der Waals surface area (Å²) in [6, 6.07) is 4.57. The first-order chi connectivity index (χ1) is 20.9. The lowest BCUT2D eigenvalue weighted by atomic mass is 9.73. The largest absolute Gasteiger partial charge is 0.345 e. The van der Waals surface area contributed by atoms with E-state index in [-0.39, 0.29) is 34.2 Å². The van der Waals surface area contributed by atoms with Gasteiger partial charge in [0.05, 0.1) is 27.7 Å². The van der Waals surface area contributed by atoms with Gasteiger partial charge in [-0.3, -0.25) is 13.9 Å². The Morgan fingerprint density at radius 1 is 1.11 bits per heavy atom. The minimum absolute atomic E-state index is 0.0750. The zero-order valence-electron chi connectivity index (χ0n) is 26.3. The SMILES string of the molecule is C#CCNC(=O)CCCCCN1C(=CC=CC2=[N+](C)C3C=CC(S(=O)(=O)O)=CC3C2(C)C)C(C)(C)c2cc(S(=O)(=O)O)ccc21. The highest BCUT2D eigenvalue weighted by Gasteiger charge is 2.52. The van der Waals surface area contributed by atoms with Crippen LogP contribution in [-0.4, -0.2) is 68.3 Å². The highest BCUT2D eigenvalue weighted by atomic mass is 32.2. The summed E-state index contributed by atoms with van der Waals surface area (Å²) in [5.74, 6) is 2.13. The van der Waals surface area contributed by atoms with Gasteiger partial charge in [0.2, 0.25) is 5.91 Å². The average Bonchev–Trinajstić information content (AvgIpc) is 3.28. The number of unbranched alkanes of at least 4 members (excludes halogenated alkanes) is 2. The maximum atomic E-state index is 12.0. The van der Waals surface area contributed by atoms with Crippen LogP contribution in [0.3, 0.4) is 0 Å². The summed E-state index contributed by atoms with van der Waals surface area (Å²) in [4.78, 5) is 13.8. The maximum absolute atomic E-state index is 12.0. The molecule has 1 aromatic rings. The maximum Gasteiger partial charge on any atom is 0.294 e. The van der Waals surface area contributed by atoms with Crippen LogP contribution in [0.2, 0.25) is 0 Å². The third-order valence-electron chi connectivity index (χ3n) is 9.13. The van der Waals surface area contributed by atoms with Gasteiger partial charge < -0.3 is 10.2 Å². The molecule has 2 aliphatic heterocycles. The Morgan fingerprint density at radius 2 is 1.82 bits per heavy atom. The van der Waals surface area contributed by atoms with Crippen LogP contribution in [0, 0.1) is 23.7 Å². The molecule has 12 heteroatoms. The molecule has 1 amide bonds. The molecule has 1 aliphatic carbocycles. The van der Waals surface area contributed by atoms with Crippen molar-refractivity contribution < 1.29 is 35.3 Å². The number of fused-ring (bicyclic) bond motifs is 2. The van der Waals surface area contributed by atoms with Crippen LogP contribution in [0.5, 0.6) is 0 Å². The van der Waals surface area contributed by atoms with E-state index in [0.29, 0.717) is 19.4 Å². The third kappa shape index (κ3) is 7.02. The Balaban J connectivity index is 1.63. The summed E-state index contributed by atoms with van der Waals surface area (Å²) in [7, 11) is -6.76. The lowest BCUT2D eigenvalue weighted by molar-refractivity contribution is -0.521. The number of nitrogens with one attached hydrogen (secondary N) is 1. The Bertz CT molecular complexity index is 1790. The van der Waals surface area contributed by atoms with E-state index in [1.54, 1.807) is 18.2 Å². The van der Waals surface area contributed by atoms with Crippen LogP contribution in [-0.2, 0) is 30.4 Å². The predicted octanol–water partition coefficient (Wildman–Crippen LogP) is 4.23. The summed E-state index contributed by atoms with van der Waals surface area (Å²) in [5.41, 5.74) is 2.52. The smallest absolute Gasteiger partial charge is 0.294 e. The Morgan fingerprint density at radius 3 is 2.47 bits per heavy atom. The van der Waals surface area contributed by atoms with Gasteiger partial charge in [-0.15, -0.1) is 6.42 Å². The number of amides is 1. The van der Waals surface area contributed by atoms with E-state index in [1.807, 2.05) is 53.0 Å². The first kappa shape index (κ1) is 34.4. The quantitative estimate of drug-likeness (QED) is 0.139. The number of rotatable bonds is 11. The number of likely N-dealkylation sites (N-methyl/N-ethyl adjacent to an activating group) is 1. The molecule has 2 unspecified atom stereocenters. The number of nitrogens with zero attached hydrogens (tertiary/aromatic N) is 2. The fourth-order valence-electron chi connectivity index (χ4n) is 6.70. The van der Waals surface area contributed by atoms with Gasteiger partial charge in [-0.1, -0.05) is 38.3 Å². The van der Waals surface area contributed by atoms with Crippen LogP contribution >= 0.6 is 0 Å². The highest BCUT2D eigenvalue weighted by molar-refractivity contribution is 7.90. The molecular weight excluding hydrogens is 615 g/mol. The molecule has 0 spiro atoms. The monoisotopic (exact) mass is 656 g/mol. The average molecular weight is 657 g/mol. The van der Waals surface area contributed by atoms with Crippen LogP contribution in [0.15, 0.2) is 70.2 Å². The van der Waals surface area contributed by atoms with Gasteiger partial charge in [-0.25, -0.2) is 4.58 Å². The first-order valence-corrected chi connectivity index (χ1v) is 17.7. The number of benzene rings is 1. The molecule has 2 heterocycles. The van der Waals surface area contributed by atoms with E-state index in [1.165, 1.54) is 18.2 Å². The molecular formula is C33H42N3O7S2+. The molecule has 45 heavy (non-hydrogen) atoms. The second-order valence-corrected chi connectivity index (χ2v) is 15.6. The normalized spacial score (nSPS) is 22.8. The minimum atomic E-state index is -4.39. The summed E-state index contributed by atoms with van der Waals surface area (Å²) in [6.07, 6.45) is 18.7.